The molecule has 0 spiro atoms. The Labute approximate surface area is 98.1 Å². The molecule has 0 atom stereocenters. The molecule has 0 bridgehead atoms. The molecule has 16 heavy (non-hydrogen) atoms. The second kappa shape index (κ2) is 4.64. The van der Waals surface area contributed by atoms with Crippen LogP contribution in [0.15, 0.2) is 42.5 Å². The van der Waals surface area contributed by atoms with Crippen LogP contribution in [0.2, 0.25) is 5.02 Å². The van der Waals surface area contributed by atoms with Crippen molar-refractivity contribution in [3.05, 3.63) is 58.9 Å². The molecule has 0 radical (unpaired) electrons. The minimum Gasteiger partial charge on any atom is -0.392 e. The summed E-state index contributed by atoms with van der Waals surface area (Å²) in [6, 6.07) is 12.4. The van der Waals surface area contributed by atoms with Gasteiger partial charge in [-0.25, -0.2) is 4.39 Å². The van der Waals surface area contributed by atoms with Gasteiger partial charge in [-0.2, -0.15) is 0 Å². The molecule has 0 saturated carbocycles. The number of hydrogen-bond donors (Lipinski definition) is 1. The van der Waals surface area contributed by atoms with Crippen LogP contribution in [-0.2, 0) is 6.61 Å². The molecule has 0 saturated heterocycles. The maximum Gasteiger partial charge on any atom is 0.138 e. The van der Waals surface area contributed by atoms with E-state index in [4.69, 9.17) is 16.7 Å². The summed E-state index contributed by atoms with van der Waals surface area (Å²) in [5, 5.41) is 9.30. The smallest absolute Gasteiger partial charge is 0.138 e. The average Bonchev–Trinajstić information content (AvgIpc) is 2.31. The van der Waals surface area contributed by atoms with Gasteiger partial charge in [-0.3, -0.25) is 0 Å². The second-order valence-electron chi connectivity index (χ2n) is 3.41. The molecule has 0 fully saturated rings. The molecule has 0 aliphatic rings. The van der Waals surface area contributed by atoms with E-state index in [1.54, 1.807) is 12.1 Å². The summed E-state index contributed by atoms with van der Waals surface area (Å²) >= 11 is 5.79. The van der Waals surface area contributed by atoms with Crippen molar-refractivity contribution in [3.63, 3.8) is 0 Å². The third-order valence-electron chi connectivity index (χ3n) is 2.43. The number of hydrogen-bond acceptors (Lipinski definition) is 1. The van der Waals surface area contributed by atoms with E-state index in [-0.39, 0.29) is 10.6 Å². The second-order valence-corrected chi connectivity index (χ2v) is 3.82. The van der Waals surface area contributed by atoms with Crippen LogP contribution in [0.3, 0.4) is 0 Å². The molecule has 3 heteroatoms. The van der Waals surface area contributed by atoms with Crippen LogP contribution in [0.25, 0.3) is 11.1 Å². The van der Waals surface area contributed by atoms with E-state index in [0.29, 0.717) is 5.56 Å². The van der Waals surface area contributed by atoms with Crippen LogP contribution < -0.4 is 0 Å². The molecule has 0 aliphatic carbocycles. The number of rotatable bonds is 2. The first-order chi connectivity index (χ1) is 7.74. The van der Waals surface area contributed by atoms with Crippen molar-refractivity contribution >= 4 is 11.6 Å². The maximum atomic E-state index is 14.0. The fourth-order valence-electron chi connectivity index (χ4n) is 1.58. The standard InChI is InChI=1S/C13H10ClFO/c14-12-7-6-10(13(15)11(12)8-16)9-4-2-1-3-5-9/h1-7,16H,8H2. The Morgan fingerprint density at radius 2 is 1.75 bits per heavy atom. The lowest BCUT2D eigenvalue weighted by molar-refractivity contribution is 0.276. The highest BCUT2D eigenvalue weighted by Crippen LogP contribution is 2.29. The molecule has 0 heterocycles. The van der Waals surface area contributed by atoms with Gasteiger partial charge in [0.2, 0.25) is 0 Å². The van der Waals surface area contributed by atoms with Crippen molar-refractivity contribution in [3.8, 4) is 11.1 Å². The number of halogens is 2. The Kier molecular flexibility index (Phi) is 3.22. The zero-order valence-corrected chi connectivity index (χ0v) is 9.21. The van der Waals surface area contributed by atoms with E-state index in [9.17, 15) is 4.39 Å². The largest absolute Gasteiger partial charge is 0.392 e. The number of aliphatic hydroxyl groups is 1. The van der Waals surface area contributed by atoms with Gasteiger partial charge in [0.15, 0.2) is 0 Å². The lowest BCUT2D eigenvalue weighted by atomic mass is 10.0. The molecule has 0 amide bonds. The molecular formula is C13H10ClFO. The Balaban J connectivity index is 2.59. The zero-order chi connectivity index (χ0) is 11.5. The monoisotopic (exact) mass is 236 g/mol. The lowest BCUT2D eigenvalue weighted by Crippen LogP contribution is -1.94. The third kappa shape index (κ3) is 1.94. The Morgan fingerprint density at radius 3 is 2.38 bits per heavy atom. The summed E-state index contributed by atoms with van der Waals surface area (Å²) in [5.74, 6) is -0.457. The van der Waals surface area contributed by atoms with E-state index in [1.165, 1.54) is 0 Å². The zero-order valence-electron chi connectivity index (χ0n) is 8.45. The van der Waals surface area contributed by atoms with E-state index in [1.807, 2.05) is 30.3 Å². The molecule has 2 rings (SSSR count). The van der Waals surface area contributed by atoms with Gasteiger partial charge in [0.25, 0.3) is 0 Å². The predicted molar refractivity (Wildman–Crippen MR) is 62.8 cm³/mol. The van der Waals surface area contributed by atoms with E-state index in [0.717, 1.165) is 5.56 Å². The van der Waals surface area contributed by atoms with Crippen molar-refractivity contribution in [2.24, 2.45) is 0 Å². The highest BCUT2D eigenvalue weighted by molar-refractivity contribution is 6.31. The molecule has 0 aromatic heterocycles. The van der Waals surface area contributed by atoms with Gasteiger partial charge < -0.3 is 5.11 Å². The van der Waals surface area contributed by atoms with Crippen LogP contribution >= 0.6 is 11.6 Å². The van der Waals surface area contributed by atoms with Crippen molar-refractivity contribution in [1.29, 1.82) is 0 Å². The molecule has 1 nitrogen and oxygen atoms in total. The van der Waals surface area contributed by atoms with E-state index >= 15 is 0 Å². The van der Waals surface area contributed by atoms with Gasteiger partial charge >= 0.3 is 0 Å². The van der Waals surface area contributed by atoms with Crippen molar-refractivity contribution in [2.75, 3.05) is 0 Å². The van der Waals surface area contributed by atoms with Gasteiger partial charge in [0, 0.05) is 16.1 Å². The van der Waals surface area contributed by atoms with Crippen LogP contribution in [0.1, 0.15) is 5.56 Å². The van der Waals surface area contributed by atoms with Crippen molar-refractivity contribution in [2.45, 2.75) is 6.61 Å². The molecular weight excluding hydrogens is 227 g/mol. The molecule has 2 aromatic carbocycles. The average molecular weight is 237 g/mol. The lowest BCUT2D eigenvalue weighted by Gasteiger charge is -2.08. The summed E-state index contributed by atoms with van der Waals surface area (Å²) in [6.07, 6.45) is 0. The summed E-state index contributed by atoms with van der Waals surface area (Å²) in [7, 11) is 0. The van der Waals surface area contributed by atoms with Crippen molar-refractivity contribution < 1.29 is 9.50 Å². The summed E-state index contributed by atoms with van der Waals surface area (Å²) in [5.41, 5.74) is 1.36. The molecule has 82 valence electrons. The van der Waals surface area contributed by atoms with Gasteiger partial charge in [-0.05, 0) is 17.7 Å². The topological polar surface area (TPSA) is 20.2 Å². The molecule has 0 unspecified atom stereocenters. The van der Waals surface area contributed by atoms with E-state index in [2.05, 4.69) is 0 Å². The number of benzene rings is 2. The van der Waals surface area contributed by atoms with Gasteiger partial charge in [0.05, 0.1) is 6.61 Å². The SMILES string of the molecule is OCc1c(Cl)ccc(-c2ccccc2)c1F. The minimum absolute atomic E-state index is 0.142. The first kappa shape index (κ1) is 11.1. The Bertz CT molecular complexity index is 497. The summed E-state index contributed by atoms with van der Waals surface area (Å²) < 4.78 is 14.0. The molecule has 1 N–H and O–H groups in total. The van der Waals surface area contributed by atoms with Crippen molar-refractivity contribution in [1.82, 2.24) is 0 Å². The predicted octanol–water partition coefficient (Wildman–Crippen LogP) is 3.64. The van der Waals surface area contributed by atoms with Gasteiger partial charge in [-0.1, -0.05) is 41.9 Å². The summed E-state index contributed by atoms with van der Waals surface area (Å²) in [4.78, 5) is 0. The first-order valence-corrected chi connectivity index (χ1v) is 5.25. The minimum atomic E-state index is -0.457. The Morgan fingerprint density at radius 1 is 1.06 bits per heavy atom. The van der Waals surface area contributed by atoms with Gasteiger partial charge in [-0.15, -0.1) is 0 Å². The number of aliphatic hydroxyl groups excluding tert-OH is 1. The molecule has 2 aromatic rings. The third-order valence-corrected chi connectivity index (χ3v) is 2.78. The molecule has 0 aliphatic heterocycles. The summed E-state index contributed by atoms with van der Waals surface area (Å²) in [6.45, 7) is -0.397. The van der Waals surface area contributed by atoms with E-state index < -0.39 is 12.4 Å². The quantitative estimate of drug-likeness (QED) is 0.844. The highest BCUT2D eigenvalue weighted by Gasteiger charge is 2.12. The maximum absolute atomic E-state index is 14.0. The van der Waals surface area contributed by atoms with Gasteiger partial charge in [0.1, 0.15) is 5.82 Å². The fraction of sp³-hybridized carbons (Fsp3) is 0.0769. The fourth-order valence-corrected chi connectivity index (χ4v) is 1.79. The van der Waals surface area contributed by atoms with Crippen LogP contribution in [0.4, 0.5) is 4.39 Å². The van der Waals surface area contributed by atoms with Crippen LogP contribution in [-0.4, -0.2) is 5.11 Å². The normalized spacial score (nSPS) is 10.4. The first-order valence-electron chi connectivity index (χ1n) is 4.87. The van der Waals surface area contributed by atoms with Crippen LogP contribution in [0.5, 0.6) is 0 Å². The van der Waals surface area contributed by atoms with Crippen LogP contribution in [0, 0.1) is 5.82 Å². The highest BCUT2D eigenvalue weighted by atomic mass is 35.5. The Hall–Kier alpha value is -1.38.